The van der Waals surface area contributed by atoms with Crippen molar-refractivity contribution in [1.82, 2.24) is 5.32 Å². The van der Waals surface area contributed by atoms with Crippen LogP contribution in [-0.2, 0) is 20.6 Å². The molecule has 0 spiro atoms. The molecule has 28 heavy (non-hydrogen) atoms. The SMILES string of the molecule is COc1ccccc1N(CC(=O)NCCSCc1cccc(C)c1)S(C)(=O)=O. The highest BCUT2D eigenvalue weighted by molar-refractivity contribution is 7.98. The number of hydrogen-bond donors (Lipinski definition) is 1. The molecule has 0 fully saturated rings. The number of carbonyl (C=O) groups is 1. The van der Waals surface area contributed by atoms with Gasteiger partial charge in [-0.15, -0.1) is 0 Å². The average molecular weight is 423 g/mol. The van der Waals surface area contributed by atoms with E-state index in [0.717, 1.165) is 22.1 Å². The van der Waals surface area contributed by atoms with E-state index in [1.165, 1.54) is 18.2 Å². The zero-order valence-corrected chi connectivity index (χ0v) is 18.0. The second-order valence-corrected chi connectivity index (χ2v) is 9.35. The molecule has 1 amide bonds. The zero-order chi connectivity index (χ0) is 20.6. The molecule has 0 bridgehead atoms. The molecule has 2 aromatic rings. The van der Waals surface area contributed by atoms with E-state index in [4.69, 9.17) is 4.74 Å². The Labute approximate surface area is 171 Å². The van der Waals surface area contributed by atoms with Gasteiger partial charge >= 0.3 is 0 Å². The van der Waals surface area contributed by atoms with Gasteiger partial charge in [-0.3, -0.25) is 9.10 Å². The van der Waals surface area contributed by atoms with Gasteiger partial charge in [-0.25, -0.2) is 8.42 Å². The molecule has 0 unspecified atom stereocenters. The summed E-state index contributed by atoms with van der Waals surface area (Å²) in [4.78, 5) is 12.3. The van der Waals surface area contributed by atoms with Crippen LogP contribution in [-0.4, -0.2) is 46.5 Å². The number of aryl methyl sites for hydroxylation is 1. The summed E-state index contributed by atoms with van der Waals surface area (Å²) in [6.45, 7) is 2.24. The van der Waals surface area contributed by atoms with Crippen molar-refractivity contribution in [2.24, 2.45) is 0 Å². The van der Waals surface area contributed by atoms with Crippen LogP contribution >= 0.6 is 11.8 Å². The number of methoxy groups -OCH3 is 1. The first-order valence-corrected chi connectivity index (χ1v) is 11.8. The van der Waals surface area contributed by atoms with Gasteiger partial charge in [-0.05, 0) is 24.6 Å². The highest BCUT2D eigenvalue weighted by Gasteiger charge is 2.23. The second-order valence-electron chi connectivity index (χ2n) is 6.33. The van der Waals surface area contributed by atoms with E-state index in [-0.39, 0.29) is 12.5 Å². The Kier molecular flexibility index (Phi) is 8.19. The number of ether oxygens (including phenoxy) is 1. The van der Waals surface area contributed by atoms with E-state index in [0.29, 0.717) is 18.0 Å². The van der Waals surface area contributed by atoms with Crippen molar-refractivity contribution in [1.29, 1.82) is 0 Å². The van der Waals surface area contributed by atoms with Crippen molar-refractivity contribution < 1.29 is 17.9 Å². The largest absolute Gasteiger partial charge is 0.495 e. The maximum atomic E-state index is 12.3. The summed E-state index contributed by atoms with van der Waals surface area (Å²) in [7, 11) is -2.17. The number of nitrogens with one attached hydrogen (secondary N) is 1. The minimum Gasteiger partial charge on any atom is -0.495 e. The fourth-order valence-corrected chi connectivity index (χ4v) is 4.32. The fraction of sp³-hybridized carbons (Fsp3) is 0.350. The molecule has 0 saturated heterocycles. The Morgan fingerprint density at radius 2 is 1.93 bits per heavy atom. The van der Waals surface area contributed by atoms with Gasteiger partial charge in [0.1, 0.15) is 12.3 Å². The van der Waals surface area contributed by atoms with Crippen molar-refractivity contribution >= 4 is 33.4 Å². The number of sulfonamides is 1. The summed E-state index contributed by atoms with van der Waals surface area (Å²) in [6, 6.07) is 15.0. The van der Waals surface area contributed by atoms with E-state index in [9.17, 15) is 13.2 Å². The topological polar surface area (TPSA) is 75.7 Å². The number of para-hydroxylation sites is 2. The summed E-state index contributed by atoms with van der Waals surface area (Å²) >= 11 is 1.72. The molecule has 0 aliphatic carbocycles. The van der Waals surface area contributed by atoms with Crippen LogP contribution in [0.4, 0.5) is 5.69 Å². The molecule has 0 atom stereocenters. The number of hydrogen-bond acceptors (Lipinski definition) is 5. The van der Waals surface area contributed by atoms with Crippen molar-refractivity contribution in [2.75, 3.05) is 36.5 Å². The Morgan fingerprint density at radius 1 is 1.18 bits per heavy atom. The molecule has 0 aliphatic heterocycles. The maximum absolute atomic E-state index is 12.3. The lowest BCUT2D eigenvalue weighted by Crippen LogP contribution is -2.41. The van der Waals surface area contributed by atoms with Gasteiger partial charge in [0.2, 0.25) is 15.9 Å². The molecular formula is C20H26N2O4S2. The number of rotatable bonds is 10. The zero-order valence-electron chi connectivity index (χ0n) is 16.3. The molecule has 0 saturated carbocycles. The van der Waals surface area contributed by atoms with Crippen LogP contribution in [0.5, 0.6) is 5.75 Å². The molecular weight excluding hydrogens is 396 g/mol. The third kappa shape index (κ3) is 6.76. The van der Waals surface area contributed by atoms with Gasteiger partial charge in [-0.2, -0.15) is 11.8 Å². The van der Waals surface area contributed by atoms with Gasteiger partial charge in [0.25, 0.3) is 0 Å². The maximum Gasteiger partial charge on any atom is 0.240 e. The molecule has 0 aromatic heterocycles. The predicted molar refractivity (Wildman–Crippen MR) is 116 cm³/mol. The third-order valence-corrected chi connectivity index (χ3v) is 6.12. The lowest BCUT2D eigenvalue weighted by molar-refractivity contribution is -0.119. The number of carbonyl (C=O) groups excluding carboxylic acids is 1. The van der Waals surface area contributed by atoms with Crippen LogP contribution in [0.3, 0.4) is 0 Å². The molecule has 8 heteroatoms. The van der Waals surface area contributed by atoms with Gasteiger partial charge in [0.05, 0.1) is 19.1 Å². The monoisotopic (exact) mass is 422 g/mol. The van der Waals surface area contributed by atoms with E-state index in [1.54, 1.807) is 36.0 Å². The highest BCUT2D eigenvalue weighted by atomic mass is 32.2. The molecule has 1 N–H and O–H groups in total. The Hall–Kier alpha value is -2.19. The average Bonchev–Trinajstić information content (AvgIpc) is 2.65. The normalized spacial score (nSPS) is 11.1. The second kappa shape index (κ2) is 10.4. The first-order valence-electron chi connectivity index (χ1n) is 8.82. The van der Waals surface area contributed by atoms with Crippen LogP contribution < -0.4 is 14.4 Å². The first kappa shape index (κ1) is 22.1. The summed E-state index contributed by atoms with van der Waals surface area (Å²) in [5.41, 5.74) is 2.82. The van der Waals surface area contributed by atoms with Crippen molar-refractivity contribution in [3.8, 4) is 5.75 Å². The molecule has 0 aliphatic rings. The van der Waals surface area contributed by atoms with Crippen LogP contribution in [0.2, 0.25) is 0 Å². The van der Waals surface area contributed by atoms with E-state index in [2.05, 4.69) is 30.4 Å². The lowest BCUT2D eigenvalue weighted by atomic mass is 10.2. The van der Waals surface area contributed by atoms with E-state index in [1.807, 2.05) is 6.07 Å². The first-order chi connectivity index (χ1) is 13.3. The molecule has 2 rings (SSSR count). The number of amides is 1. The van der Waals surface area contributed by atoms with Gasteiger partial charge < -0.3 is 10.1 Å². The summed E-state index contributed by atoms with van der Waals surface area (Å²) in [6.07, 6.45) is 1.07. The number of anilines is 1. The number of thioether (sulfide) groups is 1. The van der Waals surface area contributed by atoms with E-state index < -0.39 is 10.0 Å². The number of nitrogens with zero attached hydrogens (tertiary/aromatic N) is 1. The minimum absolute atomic E-state index is 0.290. The fourth-order valence-electron chi connectivity index (χ4n) is 2.66. The van der Waals surface area contributed by atoms with Crippen molar-refractivity contribution in [3.05, 3.63) is 59.7 Å². The molecule has 152 valence electrons. The van der Waals surface area contributed by atoms with Gasteiger partial charge in [-0.1, -0.05) is 42.0 Å². The Balaban J connectivity index is 1.87. The molecule has 0 radical (unpaired) electrons. The van der Waals surface area contributed by atoms with Crippen LogP contribution in [0.15, 0.2) is 48.5 Å². The third-order valence-electron chi connectivity index (χ3n) is 3.96. The Bertz CT molecular complexity index is 901. The lowest BCUT2D eigenvalue weighted by Gasteiger charge is -2.23. The smallest absolute Gasteiger partial charge is 0.240 e. The standard InChI is InChI=1S/C20H26N2O4S2/c1-16-7-6-8-17(13-16)15-27-12-11-21-20(23)14-22(28(3,24)25)18-9-4-5-10-19(18)26-2/h4-10,13H,11-12,14-15H2,1-3H3,(H,21,23). The van der Waals surface area contributed by atoms with Crippen LogP contribution in [0.25, 0.3) is 0 Å². The quantitative estimate of drug-likeness (QED) is 0.596. The predicted octanol–water partition coefficient (Wildman–Crippen LogP) is 2.82. The van der Waals surface area contributed by atoms with Crippen LogP contribution in [0, 0.1) is 6.92 Å². The molecule has 0 heterocycles. The Morgan fingerprint density at radius 3 is 2.61 bits per heavy atom. The summed E-state index contributed by atoms with van der Waals surface area (Å²) in [5.74, 6) is 1.66. The summed E-state index contributed by atoms with van der Waals surface area (Å²) < 4.78 is 30.6. The van der Waals surface area contributed by atoms with E-state index >= 15 is 0 Å². The molecule has 2 aromatic carbocycles. The van der Waals surface area contributed by atoms with Gasteiger partial charge in [0.15, 0.2) is 0 Å². The van der Waals surface area contributed by atoms with Gasteiger partial charge in [0, 0.05) is 18.1 Å². The summed E-state index contributed by atoms with van der Waals surface area (Å²) in [5, 5.41) is 2.78. The van der Waals surface area contributed by atoms with Crippen molar-refractivity contribution in [3.63, 3.8) is 0 Å². The van der Waals surface area contributed by atoms with Crippen LogP contribution in [0.1, 0.15) is 11.1 Å². The van der Waals surface area contributed by atoms with Crippen molar-refractivity contribution in [2.45, 2.75) is 12.7 Å². The molecule has 6 nitrogen and oxygen atoms in total. The minimum atomic E-state index is -3.63. The number of benzene rings is 2. The highest BCUT2D eigenvalue weighted by Crippen LogP contribution is 2.29.